The van der Waals surface area contributed by atoms with Gasteiger partial charge < -0.3 is 5.11 Å². The maximum atomic E-state index is 11.7. The number of carbonyl (C=O) groups is 2. The van der Waals surface area contributed by atoms with Crippen LogP contribution in [0.1, 0.15) is 33.6 Å². The summed E-state index contributed by atoms with van der Waals surface area (Å²) in [6.07, 6.45) is 2.86. The molecule has 0 bridgehead atoms. The molecule has 0 aliphatic carbocycles. The Bertz CT molecular complexity index is 331. The quantitative estimate of drug-likeness (QED) is 0.713. The van der Waals surface area contributed by atoms with Gasteiger partial charge in [0.15, 0.2) is 0 Å². The lowest BCUT2D eigenvalue weighted by molar-refractivity contribution is -0.138. The molecule has 4 heteroatoms. The molecule has 0 aromatic heterocycles. The highest BCUT2D eigenvalue weighted by Gasteiger charge is 2.32. The van der Waals surface area contributed by atoms with Crippen molar-refractivity contribution < 1.29 is 14.7 Å². The van der Waals surface area contributed by atoms with Gasteiger partial charge in [-0.05, 0) is 25.2 Å². The van der Waals surface area contributed by atoms with E-state index in [2.05, 4.69) is 0 Å². The first-order valence-electron chi connectivity index (χ1n) is 5.52. The van der Waals surface area contributed by atoms with E-state index in [1.807, 2.05) is 13.8 Å². The molecule has 2 amide bonds. The van der Waals surface area contributed by atoms with Gasteiger partial charge in [-0.15, -0.1) is 0 Å². The zero-order chi connectivity index (χ0) is 12.3. The van der Waals surface area contributed by atoms with Crippen LogP contribution >= 0.6 is 0 Å². The van der Waals surface area contributed by atoms with Gasteiger partial charge in [0, 0.05) is 24.8 Å². The molecule has 1 heterocycles. The van der Waals surface area contributed by atoms with E-state index >= 15 is 0 Å². The lowest BCUT2D eigenvalue weighted by atomic mass is 9.87. The lowest BCUT2D eigenvalue weighted by Crippen LogP contribution is -2.39. The van der Waals surface area contributed by atoms with Crippen LogP contribution < -0.4 is 0 Å². The molecule has 1 N–H and O–H groups in total. The highest BCUT2D eigenvalue weighted by molar-refractivity contribution is 6.15. The molecular formula is C12H19NO3. The Labute approximate surface area is 95.9 Å². The predicted molar refractivity (Wildman–Crippen MR) is 60.6 cm³/mol. The van der Waals surface area contributed by atoms with E-state index in [1.54, 1.807) is 6.92 Å². The molecule has 4 nitrogen and oxygen atoms in total. The number of hydrogen-bond donors (Lipinski definition) is 1. The van der Waals surface area contributed by atoms with Crippen LogP contribution in [0.15, 0.2) is 11.6 Å². The Kier molecular flexibility index (Phi) is 3.86. The van der Waals surface area contributed by atoms with Crippen LogP contribution in [0.25, 0.3) is 0 Å². The average Bonchev–Trinajstić information content (AvgIpc) is 2.42. The molecule has 1 aliphatic heterocycles. The van der Waals surface area contributed by atoms with E-state index in [0.717, 1.165) is 6.42 Å². The molecule has 0 saturated carbocycles. The van der Waals surface area contributed by atoms with Gasteiger partial charge in [-0.1, -0.05) is 13.8 Å². The minimum atomic E-state index is -0.223. The van der Waals surface area contributed by atoms with Gasteiger partial charge in [0.25, 0.3) is 11.8 Å². The summed E-state index contributed by atoms with van der Waals surface area (Å²) in [5, 5.41) is 8.78. The third kappa shape index (κ3) is 2.92. The van der Waals surface area contributed by atoms with Gasteiger partial charge in [-0.25, -0.2) is 0 Å². The SMILES string of the molecule is CC1=CC(=O)N(CC(C)(C)CCCO)C1=O. The van der Waals surface area contributed by atoms with Crippen molar-refractivity contribution in [1.29, 1.82) is 0 Å². The van der Waals surface area contributed by atoms with Crippen molar-refractivity contribution in [2.24, 2.45) is 5.41 Å². The number of aliphatic hydroxyl groups is 1. The van der Waals surface area contributed by atoms with Crippen LogP contribution in [0.2, 0.25) is 0 Å². The molecule has 0 aromatic carbocycles. The number of carbonyl (C=O) groups excluding carboxylic acids is 2. The van der Waals surface area contributed by atoms with Crippen LogP contribution in [0, 0.1) is 5.41 Å². The fraction of sp³-hybridized carbons (Fsp3) is 0.667. The minimum Gasteiger partial charge on any atom is -0.396 e. The van der Waals surface area contributed by atoms with E-state index in [0.29, 0.717) is 18.5 Å². The first-order chi connectivity index (χ1) is 7.37. The first-order valence-corrected chi connectivity index (χ1v) is 5.52. The summed E-state index contributed by atoms with van der Waals surface area (Å²) in [4.78, 5) is 24.5. The molecule has 16 heavy (non-hydrogen) atoms. The second kappa shape index (κ2) is 4.78. The van der Waals surface area contributed by atoms with E-state index in [4.69, 9.17) is 5.11 Å². The number of aliphatic hydroxyl groups excluding tert-OH is 1. The van der Waals surface area contributed by atoms with Crippen LogP contribution in [0.5, 0.6) is 0 Å². The predicted octanol–water partition coefficient (Wildman–Crippen LogP) is 1.10. The standard InChI is InChI=1S/C12H19NO3/c1-9-7-10(15)13(11(9)16)8-12(2,3)5-4-6-14/h7,14H,4-6,8H2,1-3H3. The molecule has 0 saturated heterocycles. The summed E-state index contributed by atoms with van der Waals surface area (Å²) in [6, 6.07) is 0. The van der Waals surface area contributed by atoms with Crippen molar-refractivity contribution in [3.8, 4) is 0 Å². The third-order valence-corrected chi connectivity index (χ3v) is 2.79. The smallest absolute Gasteiger partial charge is 0.256 e. The topological polar surface area (TPSA) is 57.6 Å². The van der Waals surface area contributed by atoms with Crippen molar-refractivity contribution in [3.05, 3.63) is 11.6 Å². The van der Waals surface area contributed by atoms with E-state index in [1.165, 1.54) is 11.0 Å². The van der Waals surface area contributed by atoms with Crippen molar-refractivity contribution >= 4 is 11.8 Å². The van der Waals surface area contributed by atoms with Gasteiger partial charge in [0.1, 0.15) is 0 Å². The second-order valence-electron chi connectivity index (χ2n) is 5.05. The number of hydrogen-bond acceptors (Lipinski definition) is 3. The van der Waals surface area contributed by atoms with Crippen molar-refractivity contribution in [3.63, 3.8) is 0 Å². The maximum Gasteiger partial charge on any atom is 0.256 e. The Hall–Kier alpha value is -1.16. The largest absolute Gasteiger partial charge is 0.396 e. The summed E-state index contributed by atoms with van der Waals surface area (Å²) in [5.41, 5.74) is 0.356. The summed E-state index contributed by atoms with van der Waals surface area (Å²) in [7, 11) is 0. The summed E-state index contributed by atoms with van der Waals surface area (Å²) in [5.74, 6) is -0.415. The van der Waals surface area contributed by atoms with Gasteiger partial charge >= 0.3 is 0 Å². The van der Waals surface area contributed by atoms with E-state index in [-0.39, 0.29) is 23.8 Å². The molecule has 0 aromatic rings. The normalized spacial score (nSPS) is 17.0. The van der Waals surface area contributed by atoms with Crippen LogP contribution in [0.4, 0.5) is 0 Å². The number of imide groups is 1. The highest BCUT2D eigenvalue weighted by atomic mass is 16.3. The summed E-state index contributed by atoms with van der Waals surface area (Å²) >= 11 is 0. The van der Waals surface area contributed by atoms with E-state index < -0.39 is 0 Å². The maximum absolute atomic E-state index is 11.7. The Balaban J connectivity index is 2.61. The van der Waals surface area contributed by atoms with Gasteiger partial charge in [-0.3, -0.25) is 14.5 Å². The molecule has 0 radical (unpaired) electrons. The molecule has 1 aliphatic rings. The molecule has 0 unspecified atom stereocenters. The fourth-order valence-electron chi connectivity index (χ4n) is 1.85. The monoisotopic (exact) mass is 225 g/mol. The molecule has 0 spiro atoms. The first kappa shape index (κ1) is 12.9. The van der Waals surface area contributed by atoms with Crippen LogP contribution in [-0.4, -0.2) is 35.0 Å². The van der Waals surface area contributed by atoms with E-state index in [9.17, 15) is 9.59 Å². The number of nitrogens with zero attached hydrogens (tertiary/aromatic N) is 1. The van der Waals surface area contributed by atoms with Gasteiger partial charge in [0.2, 0.25) is 0 Å². The molecule has 1 rings (SSSR count). The Morgan fingerprint density at radius 1 is 1.38 bits per heavy atom. The second-order valence-corrected chi connectivity index (χ2v) is 5.05. The van der Waals surface area contributed by atoms with Crippen molar-refractivity contribution in [2.75, 3.05) is 13.2 Å². The highest BCUT2D eigenvalue weighted by Crippen LogP contribution is 2.26. The summed E-state index contributed by atoms with van der Waals surface area (Å²) < 4.78 is 0. The van der Waals surface area contributed by atoms with Crippen LogP contribution in [0.3, 0.4) is 0 Å². The van der Waals surface area contributed by atoms with Gasteiger partial charge in [-0.2, -0.15) is 0 Å². The number of amides is 2. The summed E-state index contributed by atoms with van der Waals surface area (Å²) in [6.45, 7) is 6.20. The Morgan fingerprint density at radius 3 is 2.44 bits per heavy atom. The average molecular weight is 225 g/mol. The Morgan fingerprint density at radius 2 is 2.00 bits per heavy atom. The molecule has 90 valence electrons. The van der Waals surface area contributed by atoms with Crippen molar-refractivity contribution in [1.82, 2.24) is 4.90 Å². The zero-order valence-electron chi connectivity index (χ0n) is 10.1. The number of rotatable bonds is 5. The zero-order valence-corrected chi connectivity index (χ0v) is 10.1. The minimum absolute atomic E-state index is 0.141. The third-order valence-electron chi connectivity index (χ3n) is 2.79. The van der Waals surface area contributed by atoms with Crippen LogP contribution in [-0.2, 0) is 9.59 Å². The molecule has 0 atom stereocenters. The molecule has 0 fully saturated rings. The van der Waals surface area contributed by atoms with Crippen molar-refractivity contribution in [2.45, 2.75) is 33.6 Å². The lowest BCUT2D eigenvalue weighted by Gasteiger charge is -2.29. The fourth-order valence-corrected chi connectivity index (χ4v) is 1.85. The molecular weight excluding hydrogens is 206 g/mol. The van der Waals surface area contributed by atoms with Gasteiger partial charge in [0.05, 0.1) is 0 Å².